The van der Waals surface area contributed by atoms with E-state index in [1.54, 1.807) is 0 Å². The van der Waals surface area contributed by atoms with Gasteiger partial charge in [-0.05, 0) is 42.7 Å². The summed E-state index contributed by atoms with van der Waals surface area (Å²) < 4.78 is 5.51. The summed E-state index contributed by atoms with van der Waals surface area (Å²) in [7, 11) is 0. The lowest BCUT2D eigenvalue weighted by molar-refractivity contribution is -0.123. The summed E-state index contributed by atoms with van der Waals surface area (Å²) >= 11 is 0. The minimum atomic E-state index is -0.246. The van der Waals surface area contributed by atoms with E-state index >= 15 is 0 Å². The van der Waals surface area contributed by atoms with Gasteiger partial charge in [0.25, 0.3) is 5.91 Å². The van der Waals surface area contributed by atoms with Crippen molar-refractivity contribution >= 4 is 22.4 Å². The molecule has 0 saturated carbocycles. The van der Waals surface area contributed by atoms with Crippen LogP contribution in [0, 0.1) is 0 Å². The molecule has 0 unspecified atom stereocenters. The minimum Gasteiger partial charge on any atom is -0.484 e. The first-order valence-electron chi connectivity index (χ1n) is 7.62. The average Bonchev–Trinajstić information content (AvgIpc) is 2.56. The molecule has 0 aliphatic heterocycles. The van der Waals surface area contributed by atoms with Crippen LogP contribution in [-0.2, 0) is 4.79 Å². The number of unbranched alkanes of at least 4 members (excludes halogenated alkanes) is 1. The van der Waals surface area contributed by atoms with E-state index in [1.807, 2.05) is 49.4 Å². The molecule has 0 saturated heterocycles. The summed E-state index contributed by atoms with van der Waals surface area (Å²) in [5.74, 6) is 0.435. The lowest BCUT2D eigenvalue weighted by Crippen LogP contribution is -2.25. The van der Waals surface area contributed by atoms with Crippen molar-refractivity contribution in [1.82, 2.24) is 5.43 Å². The van der Waals surface area contributed by atoms with Crippen LogP contribution in [0.15, 0.2) is 47.6 Å². The van der Waals surface area contributed by atoms with Crippen molar-refractivity contribution in [3.8, 4) is 5.75 Å². The van der Waals surface area contributed by atoms with Gasteiger partial charge in [0.2, 0.25) is 0 Å². The van der Waals surface area contributed by atoms with E-state index in [2.05, 4.69) is 17.5 Å². The molecule has 0 atom stereocenters. The Morgan fingerprint density at radius 3 is 2.73 bits per heavy atom. The van der Waals surface area contributed by atoms with Crippen molar-refractivity contribution in [2.75, 3.05) is 6.61 Å². The van der Waals surface area contributed by atoms with Gasteiger partial charge in [-0.2, -0.15) is 5.10 Å². The Labute approximate surface area is 131 Å². The molecule has 2 aromatic rings. The summed E-state index contributed by atoms with van der Waals surface area (Å²) in [5, 5.41) is 6.30. The van der Waals surface area contributed by atoms with Crippen LogP contribution in [-0.4, -0.2) is 18.2 Å². The Bertz CT molecular complexity index is 665. The molecule has 0 heterocycles. The van der Waals surface area contributed by atoms with Crippen molar-refractivity contribution in [3.05, 3.63) is 42.5 Å². The van der Waals surface area contributed by atoms with Gasteiger partial charge in [-0.3, -0.25) is 4.79 Å². The van der Waals surface area contributed by atoms with Crippen LogP contribution in [0.4, 0.5) is 0 Å². The molecular weight excluding hydrogens is 276 g/mol. The highest BCUT2D eigenvalue weighted by atomic mass is 16.5. The molecule has 4 nitrogen and oxygen atoms in total. The van der Waals surface area contributed by atoms with Crippen molar-refractivity contribution in [2.45, 2.75) is 33.1 Å². The molecule has 1 amide bonds. The zero-order valence-corrected chi connectivity index (χ0v) is 13.1. The molecule has 0 aromatic heterocycles. The fraction of sp³-hybridized carbons (Fsp3) is 0.333. The van der Waals surface area contributed by atoms with Gasteiger partial charge in [0.05, 0.1) is 0 Å². The summed E-state index contributed by atoms with van der Waals surface area (Å²) in [6, 6.07) is 13.8. The van der Waals surface area contributed by atoms with Gasteiger partial charge >= 0.3 is 0 Å². The SMILES string of the molecule is CCCC/C(C)=N/NC(=O)COc1ccc2ccccc2c1. The first-order chi connectivity index (χ1) is 10.7. The van der Waals surface area contributed by atoms with Gasteiger partial charge in [0, 0.05) is 5.71 Å². The minimum absolute atomic E-state index is 0.0388. The van der Waals surface area contributed by atoms with Crippen molar-refractivity contribution in [2.24, 2.45) is 5.10 Å². The lowest BCUT2D eigenvalue weighted by Gasteiger charge is -2.07. The van der Waals surface area contributed by atoms with Crippen molar-refractivity contribution < 1.29 is 9.53 Å². The van der Waals surface area contributed by atoms with Gasteiger partial charge in [-0.15, -0.1) is 0 Å². The molecule has 2 aromatic carbocycles. The van der Waals surface area contributed by atoms with Crippen LogP contribution < -0.4 is 10.2 Å². The largest absolute Gasteiger partial charge is 0.484 e. The van der Waals surface area contributed by atoms with Crippen molar-refractivity contribution in [3.63, 3.8) is 0 Å². The zero-order chi connectivity index (χ0) is 15.8. The monoisotopic (exact) mass is 298 g/mol. The van der Waals surface area contributed by atoms with Crippen LogP contribution >= 0.6 is 0 Å². The van der Waals surface area contributed by atoms with Crippen LogP contribution in [0.3, 0.4) is 0 Å². The Kier molecular flexibility index (Phi) is 5.95. The predicted molar refractivity (Wildman–Crippen MR) is 90.2 cm³/mol. The van der Waals surface area contributed by atoms with Crippen molar-refractivity contribution in [1.29, 1.82) is 0 Å². The molecular formula is C18H22N2O2. The third-order valence-corrected chi connectivity index (χ3v) is 3.35. The third kappa shape index (κ3) is 4.88. The van der Waals surface area contributed by atoms with E-state index in [1.165, 1.54) is 0 Å². The number of fused-ring (bicyclic) bond motifs is 1. The summed E-state index contributed by atoms with van der Waals surface area (Å²) in [6.45, 7) is 4.01. The van der Waals surface area contributed by atoms with E-state index in [-0.39, 0.29) is 12.5 Å². The van der Waals surface area contributed by atoms with Gasteiger partial charge in [-0.1, -0.05) is 43.7 Å². The van der Waals surface area contributed by atoms with Gasteiger partial charge in [0.15, 0.2) is 6.61 Å². The molecule has 0 bridgehead atoms. The molecule has 0 radical (unpaired) electrons. The van der Waals surface area contributed by atoms with E-state index in [9.17, 15) is 4.79 Å². The highest BCUT2D eigenvalue weighted by Crippen LogP contribution is 2.20. The second-order valence-corrected chi connectivity index (χ2v) is 5.28. The second-order valence-electron chi connectivity index (χ2n) is 5.28. The average molecular weight is 298 g/mol. The Morgan fingerprint density at radius 1 is 1.18 bits per heavy atom. The number of hydrogen-bond acceptors (Lipinski definition) is 3. The van der Waals surface area contributed by atoms with Gasteiger partial charge < -0.3 is 4.74 Å². The fourth-order valence-electron chi connectivity index (χ4n) is 2.08. The van der Waals surface area contributed by atoms with Crippen LogP contribution in [0.2, 0.25) is 0 Å². The van der Waals surface area contributed by atoms with Gasteiger partial charge in [0.1, 0.15) is 5.75 Å². The smallest absolute Gasteiger partial charge is 0.277 e. The quantitative estimate of drug-likeness (QED) is 0.622. The molecule has 22 heavy (non-hydrogen) atoms. The number of carbonyl (C=O) groups is 1. The number of hydrogen-bond donors (Lipinski definition) is 1. The molecule has 0 aliphatic rings. The number of amides is 1. The number of rotatable bonds is 7. The van der Waals surface area contributed by atoms with E-state index in [0.29, 0.717) is 5.75 Å². The Balaban J connectivity index is 1.84. The lowest BCUT2D eigenvalue weighted by atomic mass is 10.1. The first-order valence-corrected chi connectivity index (χ1v) is 7.62. The Morgan fingerprint density at radius 2 is 1.95 bits per heavy atom. The molecule has 0 fully saturated rings. The predicted octanol–water partition coefficient (Wildman–Crippen LogP) is 3.90. The number of nitrogens with one attached hydrogen (secondary N) is 1. The standard InChI is InChI=1S/C18H22N2O2/c1-3-4-7-14(2)19-20-18(21)13-22-17-11-10-15-8-5-6-9-16(15)12-17/h5-6,8-12H,3-4,7,13H2,1-2H3,(H,20,21)/b19-14+. The van der Waals surface area contributed by atoms with E-state index in [4.69, 9.17) is 4.74 Å². The van der Waals surface area contributed by atoms with E-state index < -0.39 is 0 Å². The summed E-state index contributed by atoms with van der Waals surface area (Å²) in [4.78, 5) is 11.7. The number of hydrazone groups is 1. The molecule has 116 valence electrons. The van der Waals surface area contributed by atoms with Crippen LogP contribution in [0.5, 0.6) is 5.75 Å². The number of benzene rings is 2. The maximum Gasteiger partial charge on any atom is 0.277 e. The summed E-state index contributed by atoms with van der Waals surface area (Å²) in [5.41, 5.74) is 3.45. The number of nitrogens with zero attached hydrogens (tertiary/aromatic N) is 1. The molecule has 1 N–H and O–H groups in total. The fourth-order valence-corrected chi connectivity index (χ4v) is 2.08. The molecule has 4 heteroatoms. The van der Waals surface area contributed by atoms with Gasteiger partial charge in [-0.25, -0.2) is 5.43 Å². The molecule has 0 spiro atoms. The summed E-state index contributed by atoms with van der Waals surface area (Å²) in [6.07, 6.45) is 3.10. The highest BCUT2D eigenvalue weighted by molar-refractivity contribution is 5.85. The van der Waals surface area contributed by atoms with E-state index in [0.717, 1.165) is 35.7 Å². The molecule has 0 aliphatic carbocycles. The first kappa shape index (κ1) is 16.0. The normalized spacial score (nSPS) is 11.5. The second kappa shape index (κ2) is 8.17. The number of carbonyl (C=O) groups excluding carboxylic acids is 1. The topological polar surface area (TPSA) is 50.7 Å². The Hall–Kier alpha value is -2.36. The number of ether oxygens (including phenoxy) is 1. The zero-order valence-electron chi connectivity index (χ0n) is 13.1. The van der Waals surface area contributed by atoms with Crippen LogP contribution in [0.25, 0.3) is 10.8 Å². The van der Waals surface area contributed by atoms with Crippen LogP contribution in [0.1, 0.15) is 33.1 Å². The maximum absolute atomic E-state index is 11.7. The maximum atomic E-state index is 11.7. The third-order valence-electron chi connectivity index (χ3n) is 3.35. The highest BCUT2D eigenvalue weighted by Gasteiger charge is 2.03. The molecule has 2 rings (SSSR count).